The molecule has 0 bridgehead atoms. The predicted molar refractivity (Wildman–Crippen MR) is 89.3 cm³/mol. The summed E-state index contributed by atoms with van der Waals surface area (Å²) in [6.45, 7) is 7.80. The van der Waals surface area contributed by atoms with Gasteiger partial charge >= 0.3 is 0 Å². The maximum Gasteiger partial charge on any atom is 0.122 e. The summed E-state index contributed by atoms with van der Waals surface area (Å²) < 4.78 is 0.715. The van der Waals surface area contributed by atoms with Crippen molar-refractivity contribution < 1.29 is 0 Å². The Labute approximate surface area is 131 Å². The molecule has 2 atom stereocenters. The first kappa shape index (κ1) is 14.0. The predicted octanol–water partition coefficient (Wildman–Crippen LogP) is 3.16. The second-order valence-electron chi connectivity index (χ2n) is 4.97. The van der Waals surface area contributed by atoms with Gasteiger partial charge in [-0.1, -0.05) is 6.58 Å². The van der Waals surface area contributed by atoms with E-state index in [1.807, 2.05) is 13.8 Å². The Morgan fingerprint density at radius 2 is 1.86 bits per heavy atom. The molecule has 0 saturated carbocycles. The summed E-state index contributed by atoms with van der Waals surface area (Å²) in [5.74, 6) is 0. The van der Waals surface area contributed by atoms with Crippen molar-refractivity contribution in [1.29, 1.82) is 0 Å². The van der Waals surface area contributed by atoms with Gasteiger partial charge in [0.05, 0.1) is 17.1 Å². The minimum Gasteiger partial charge on any atom is -0.279 e. The highest BCUT2D eigenvalue weighted by atomic mass is 79.9. The number of allylic oxidation sites excluding steroid dienone is 2. The molecule has 1 aliphatic carbocycles. The fourth-order valence-corrected chi connectivity index (χ4v) is 2.61. The number of rotatable bonds is 2. The SMILES string of the molecule is C=C(C)C(Br)=NC1=C(C)c2nccnc2[C@@H]2N=CC=NC12. The summed E-state index contributed by atoms with van der Waals surface area (Å²) in [6.07, 6.45) is 6.79. The molecule has 0 radical (unpaired) electrons. The van der Waals surface area contributed by atoms with Crippen LogP contribution in [0.15, 0.2) is 45.2 Å². The minimum absolute atomic E-state index is 0.161. The molecule has 1 unspecified atom stereocenters. The summed E-state index contributed by atoms with van der Waals surface area (Å²) >= 11 is 3.45. The smallest absolute Gasteiger partial charge is 0.122 e. The standard InChI is InChI=1S/C15H14BrN5/c1-8(2)15(16)21-11-9(3)10-12(18-5-4-17-10)14-13(11)19-6-7-20-14/h4-7,13-14H,1H2,2-3H3/t13?,14-/m0/s1. The Morgan fingerprint density at radius 3 is 2.57 bits per heavy atom. The average molecular weight is 344 g/mol. The highest BCUT2D eigenvalue weighted by molar-refractivity contribution is 9.18. The van der Waals surface area contributed by atoms with Crippen LogP contribution in [0.4, 0.5) is 0 Å². The number of aliphatic imine (C=N–C) groups is 3. The third-order valence-electron chi connectivity index (χ3n) is 3.46. The molecule has 0 amide bonds. The Hall–Kier alpha value is -1.95. The molecule has 0 fully saturated rings. The van der Waals surface area contributed by atoms with Gasteiger partial charge in [-0.05, 0) is 35.4 Å². The number of nitrogens with zero attached hydrogens (tertiary/aromatic N) is 5. The zero-order valence-electron chi connectivity index (χ0n) is 11.8. The summed E-state index contributed by atoms with van der Waals surface area (Å²) in [7, 11) is 0. The van der Waals surface area contributed by atoms with Crippen LogP contribution >= 0.6 is 15.9 Å². The van der Waals surface area contributed by atoms with E-state index >= 15 is 0 Å². The maximum absolute atomic E-state index is 4.66. The van der Waals surface area contributed by atoms with Crippen LogP contribution in [0.25, 0.3) is 5.57 Å². The van der Waals surface area contributed by atoms with Gasteiger partial charge in [-0.2, -0.15) is 0 Å². The molecule has 0 saturated heterocycles. The Bertz CT molecular complexity index is 729. The molecule has 6 heteroatoms. The van der Waals surface area contributed by atoms with Crippen LogP contribution in [-0.4, -0.2) is 33.1 Å². The van der Waals surface area contributed by atoms with E-state index in [0.717, 1.165) is 28.2 Å². The second-order valence-corrected chi connectivity index (χ2v) is 5.72. The monoisotopic (exact) mass is 343 g/mol. The highest BCUT2D eigenvalue weighted by Gasteiger charge is 2.36. The van der Waals surface area contributed by atoms with Gasteiger partial charge in [0.15, 0.2) is 0 Å². The number of aromatic nitrogens is 2. The molecule has 0 spiro atoms. The first-order chi connectivity index (χ1) is 10.1. The minimum atomic E-state index is -0.161. The van der Waals surface area contributed by atoms with E-state index in [4.69, 9.17) is 0 Å². The lowest BCUT2D eigenvalue weighted by molar-refractivity contribution is 0.580. The molecular formula is C15H14BrN5. The van der Waals surface area contributed by atoms with E-state index in [-0.39, 0.29) is 12.1 Å². The summed E-state index contributed by atoms with van der Waals surface area (Å²) in [6, 6.07) is -0.322. The van der Waals surface area contributed by atoms with Crippen LogP contribution < -0.4 is 0 Å². The van der Waals surface area contributed by atoms with Crippen LogP contribution in [0.5, 0.6) is 0 Å². The van der Waals surface area contributed by atoms with Crippen molar-refractivity contribution in [3.63, 3.8) is 0 Å². The lowest BCUT2D eigenvalue weighted by Gasteiger charge is -2.29. The van der Waals surface area contributed by atoms with Gasteiger partial charge in [0.25, 0.3) is 0 Å². The first-order valence-electron chi connectivity index (χ1n) is 6.56. The molecule has 3 rings (SSSR count). The van der Waals surface area contributed by atoms with Gasteiger partial charge in [-0.3, -0.25) is 20.0 Å². The maximum atomic E-state index is 4.66. The Morgan fingerprint density at radius 1 is 1.19 bits per heavy atom. The van der Waals surface area contributed by atoms with Crippen molar-refractivity contribution in [2.24, 2.45) is 15.0 Å². The molecule has 0 N–H and O–H groups in total. The van der Waals surface area contributed by atoms with Crippen molar-refractivity contribution in [2.45, 2.75) is 25.9 Å². The molecule has 2 heterocycles. The van der Waals surface area contributed by atoms with Crippen LogP contribution in [0, 0.1) is 0 Å². The molecule has 0 aromatic carbocycles. The molecule has 106 valence electrons. The third-order valence-corrected chi connectivity index (χ3v) is 4.31. The lowest BCUT2D eigenvalue weighted by Crippen LogP contribution is -2.27. The summed E-state index contributed by atoms with van der Waals surface area (Å²) in [4.78, 5) is 22.6. The lowest BCUT2D eigenvalue weighted by atomic mass is 9.89. The normalized spacial score (nSPS) is 23.9. The third kappa shape index (κ3) is 2.40. The molecule has 1 aromatic heterocycles. The van der Waals surface area contributed by atoms with Gasteiger partial charge in [0.1, 0.15) is 16.7 Å². The fraction of sp³-hybridized carbons (Fsp3) is 0.267. The van der Waals surface area contributed by atoms with Gasteiger partial charge in [-0.25, -0.2) is 4.99 Å². The molecular weight excluding hydrogens is 330 g/mol. The second kappa shape index (κ2) is 5.44. The van der Waals surface area contributed by atoms with E-state index < -0.39 is 0 Å². The van der Waals surface area contributed by atoms with Crippen molar-refractivity contribution in [3.05, 3.63) is 41.6 Å². The van der Waals surface area contributed by atoms with E-state index in [0.29, 0.717) is 4.62 Å². The largest absolute Gasteiger partial charge is 0.279 e. The van der Waals surface area contributed by atoms with Gasteiger partial charge in [-0.15, -0.1) is 0 Å². The Kier molecular flexibility index (Phi) is 3.63. The molecule has 2 aliphatic rings. The van der Waals surface area contributed by atoms with Gasteiger partial charge < -0.3 is 0 Å². The highest BCUT2D eigenvalue weighted by Crippen LogP contribution is 2.40. The fourth-order valence-electron chi connectivity index (χ4n) is 2.41. The molecule has 5 nitrogen and oxygen atoms in total. The number of hydrogen-bond acceptors (Lipinski definition) is 5. The quantitative estimate of drug-likeness (QED) is 0.774. The average Bonchev–Trinajstić information content (AvgIpc) is 2.51. The Balaban J connectivity index is 2.21. The van der Waals surface area contributed by atoms with E-state index in [1.165, 1.54) is 0 Å². The zero-order chi connectivity index (χ0) is 15.0. The van der Waals surface area contributed by atoms with E-state index in [9.17, 15) is 0 Å². The van der Waals surface area contributed by atoms with Crippen molar-refractivity contribution >= 4 is 38.6 Å². The van der Waals surface area contributed by atoms with Crippen LogP contribution in [0.2, 0.25) is 0 Å². The molecule has 21 heavy (non-hydrogen) atoms. The first-order valence-corrected chi connectivity index (χ1v) is 7.36. The van der Waals surface area contributed by atoms with E-state index in [2.05, 4.69) is 47.5 Å². The molecule has 1 aliphatic heterocycles. The van der Waals surface area contributed by atoms with Crippen LogP contribution in [0.1, 0.15) is 31.3 Å². The topological polar surface area (TPSA) is 62.9 Å². The van der Waals surface area contributed by atoms with Crippen LogP contribution in [0.3, 0.4) is 0 Å². The van der Waals surface area contributed by atoms with Gasteiger partial charge in [0, 0.05) is 30.4 Å². The van der Waals surface area contributed by atoms with Crippen molar-refractivity contribution in [3.8, 4) is 0 Å². The number of hydrogen-bond donors (Lipinski definition) is 0. The van der Waals surface area contributed by atoms with Crippen molar-refractivity contribution in [1.82, 2.24) is 9.97 Å². The number of fused-ring (bicyclic) bond motifs is 3. The summed E-state index contributed by atoms with van der Waals surface area (Å²) in [5, 5.41) is 0. The van der Waals surface area contributed by atoms with Gasteiger partial charge in [0.2, 0.25) is 0 Å². The number of halogens is 1. The van der Waals surface area contributed by atoms with E-state index in [1.54, 1.807) is 24.8 Å². The summed E-state index contributed by atoms with van der Waals surface area (Å²) in [5.41, 5.74) is 4.40. The van der Waals surface area contributed by atoms with Crippen molar-refractivity contribution in [2.75, 3.05) is 0 Å². The molecule has 1 aromatic rings. The zero-order valence-corrected chi connectivity index (χ0v) is 13.4. The van der Waals surface area contributed by atoms with Crippen LogP contribution in [-0.2, 0) is 0 Å².